The second-order valence-corrected chi connectivity index (χ2v) is 10.9. The minimum absolute atomic E-state index is 0.0647. The number of piperidine rings is 1. The molecule has 3 rings (SSSR count). The van der Waals surface area contributed by atoms with Crippen LogP contribution in [0.3, 0.4) is 0 Å². The summed E-state index contributed by atoms with van der Waals surface area (Å²) in [6.07, 6.45) is 5.28. The van der Waals surface area contributed by atoms with Crippen molar-refractivity contribution in [2.24, 2.45) is 5.92 Å². The van der Waals surface area contributed by atoms with Crippen LogP contribution in [0.15, 0.2) is 35.4 Å². The first-order valence-corrected chi connectivity index (χ1v) is 13.5. The van der Waals surface area contributed by atoms with Crippen molar-refractivity contribution >= 4 is 38.6 Å². The minimum atomic E-state index is -3.54. The fourth-order valence-corrected chi connectivity index (χ4v) is 6.25. The number of rotatable bonds is 10. The van der Waals surface area contributed by atoms with Crippen molar-refractivity contribution in [2.75, 3.05) is 31.1 Å². The third kappa shape index (κ3) is 5.39. The molecular formula is C22H33N3O3S2. The number of hydrogen-bond donors (Lipinski definition) is 1. The van der Waals surface area contributed by atoms with E-state index in [4.69, 9.17) is 0 Å². The van der Waals surface area contributed by atoms with Gasteiger partial charge in [-0.3, -0.25) is 4.79 Å². The average molecular weight is 452 g/mol. The van der Waals surface area contributed by atoms with E-state index < -0.39 is 10.0 Å². The number of thioether (sulfide) groups is 1. The molecule has 0 saturated carbocycles. The van der Waals surface area contributed by atoms with E-state index >= 15 is 0 Å². The highest BCUT2D eigenvalue weighted by Crippen LogP contribution is 2.27. The van der Waals surface area contributed by atoms with Crippen molar-refractivity contribution in [2.45, 2.75) is 51.0 Å². The number of aromatic nitrogens is 1. The number of hydrogen-bond acceptors (Lipinski definition) is 4. The molecule has 0 aliphatic carbocycles. The molecule has 1 fully saturated rings. The molecule has 6 nitrogen and oxygen atoms in total. The lowest BCUT2D eigenvalue weighted by Crippen LogP contribution is -2.43. The molecule has 8 heteroatoms. The van der Waals surface area contributed by atoms with Crippen LogP contribution in [0.25, 0.3) is 10.9 Å². The van der Waals surface area contributed by atoms with Gasteiger partial charge in [-0.15, -0.1) is 0 Å². The predicted octanol–water partition coefficient (Wildman–Crippen LogP) is 3.71. The second-order valence-electron chi connectivity index (χ2n) is 7.76. The van der Waals surface area contributed by atoms with Crippen LogP contribution in [0.1, 0.15) is 39.5 Å². The van der Waals surface area contributed by atoms with Gasteiger partial charge >= 0.3 is 0 Å². The van der Waals surface area contributed by atoms with E-state index in [1.165, 1.54) is 10.7 Å². The molecule has 1 amide bonds. The Bertz CT molecular complexity index is 948. The highest BCUT2D eigenvalue weighted by Gasteiger charge is 2.32. The zero-order chi connectivity index (χ0) is 21.6. The van der Waals surface area contributed by atoms with Crippen LogP contribution in [0.2, 0.25) is 0 Å². The molecule has 1 aromatic carbocycles. The van der Waals surface area contributed by atoms with Gasteiger partial charge in [-0.2, -0.15) is 16.1 Å². The van der Waals surface area contributed by atoms with Gasteiger partial charge < -0.3 is 9.88 Å². The Morgan fingerprint density at radius 2 is 1.93 bits per heavy atom. The summed E-state index contributed by atoms with van der Waals surface area (Å²) in [5.74, 6) is 2.20. The summed E-state index contributed by atoms with van der Waals surface area (Å²) in [6.45, 7) is 6.56. The number of nitrogens with zero attached hydrogens (tertiary/aromatic N) is 2. The van der Waals surface area contributed by atoms with E-state index in [-0.39, 0.29) is 11.8 Å². The van der Waals surface area contributed by atoms with Crippen molar-refractivity contribution in [3.63, 3.8) is 0 Å². The van der Waals surface area contributed by atoms with Crippen LogP contribution in [0, 0.1) is 5.92 Å². The molecule has 2 aromatic rings. The number of nitrogens with one attached hydrogen (secondary N) is 1. The largest absolute Gasteiger partial charge is 0.356 e. The summed E-state index contributed by atoms with van der Waals surface area (Å²) in [6, 6.07) is 7.28. The van der Waals surface area contributed by atoms with E-state index in [2.05, 4.69) is 23.7 Å². The number of amides is 1. The monoisotopic (exact) mass is 451 g/mol. The number of benzene rings is 1. The van der Waals surface area contributed by atoms with Crippen LogP contribution in [0.5, 0.6) is 0 Å². The van der Waals surface area contributed by atoms with Gasteiger partial charge in [0.05, 0.1) is 4.90 Å². The summed E-state index contributed by atoms with van der Waals surface area (Å²) >= 11 is 1.92. The highest BCUT2D eigenvalue weighted by atomic mass is 32.2. The maximum atomic E-state index is 13.1. The van der Waals surface area contributed by atoms with Gasteiger partial charge in [0.15, 0.2) is 0 Å². The van der Waals surface area contributed by atoms with E-state index in [1.807, 2.05) is 30.1 Å². The number of fused-ring (bicyclic) bond motifs is 1. The Morgan fingerprint density at radius 1 is 1.17 bits per heavy atom. The Balaban J connectivity index is 1.53. The highest BCUT2D eigenvalue weighted by molar-refractivity contribution is 7.99. The summed E-state index contributed by atoms with van der Waals surface area (Å²) < 4.78 is 29.8. The van der Waals surface area contributed by atoms with Crippen LogP contribution >= 0.6 is 11.8 Å². The predicted molar refractivity (Wildman–Crippen MR) is 124 cm³/mol. The first-order chi connectivity index (χ1) is 14.5. The SMILES string of the molecule is CCCSCCCNC(=O)C1CCN(S(=O)(=O)c2ccc3c(ccn3CC)c2)CC1. The molecule has 0 spiro atoms. The van der Waals surface area contributed by atoms with Gasteiger partial charge in [0, 0.05) is 49.2 Å². The smallest absolute Gasteiger partial charge is 0.243 e. The van der Waals surface area contributed by atoms with Crippen molar-refractivity contribution in [3.05, 3.63) is 30.5 Å². The van der Waals surface area contributed by atoms with E-state index in [0.29, 0.717) is 37.4 Å². The lowest BCUT2D eigenvalue weighted by atomic mass is 9.97. The summed E-state index contributed by atoms with van der Waals surface area (Å²) in [4.78, 5) is 12.7. The summed E-state index contributed by atoms with van der Waals surface area (Å²) in [7, 11) is -3.54. The zero-order valence-electron chi connectivity index (χ0n) is 18.0. The van der Waals surface area contributed by atoms with Crippen molar-refractivity contribution < 1.29 is 13.2 Å². The van der Waals surface area contributed by atoms with Gasteiger partial charge in [0.2, 0.25) is 15.9 Å². The molecule has 30 heavy (non-hydrogen) atoms. The topological polar surface area (TPSA) is 71.4 Å². The van der Waals surface area contributed by atoms with Crippen molar-refractivity contribution in [3.8, 4) is 0 Å². The number of carbonyl (C=O) groups excluding carboxylic acids is 1. The van der Waals surface area contributed by atoms with E-state index in [1.54, 1.807) is 12.1 Å². The molecule has 2 heterocycles. The van der Waals surface area contributed by atoms with Crippen LogP contribution in [0.4, 0.5) is 0 Å². The van der Waals surface area contributed by atoms with E-state index in [0.717, 1.165) is 35.4 Å². The number of aryl methyl sites for hydroxylation is 1. The average Bonchev–Trinajstić information content (AvgIpc) is 3.18. The molecular weight excluding hydrogens is 418 g/mol. The number of sulfonamides is 1. The standard InChI is InChI=1S/C22H33N3O3S2/c1-3-15-29-16-5-11-23-22(26)18-9-13-25(14-10-18)30(27,28)20-6-7-21-19(17-20)8-12-24(21)4-2/h6-8,12,17-18H,3-5,9-11,13-16H2,1-2H3,(H,23,26). The third-order valence-electron chi connectivity index (χ3n) is 5.66. The third-order valence-corrected chi connectivity index (χ3v) is 8.83. The van der Waals surface area contributed by atoms with Gasteiger partial charge in [0.1, 0.15) is 0 Å². The van der Waals surface area contributed by atoms with Gasteiger partial charge in [-0.25, -0.2) is 8.42 Å². The molecule has 1 aromatic heterocycles. The Labute approximate surface area is 184 Å². The molecule has 166 valence electrons. The molecule has 1 N–H and O–H groups in total. The molecule has 1 aliphatic heterocycles. The lowest BCUT2D eigenvalue weighted by molar-refractivity contribution is -0.126. The van der Waals surface area contributed by atoms with Crippen LogP contribution in [-0.4, -0.2) is 54.3 Å². The van der Waals surface area contributed by atoms with Gasteiger partial charge in [-0.1, -0.05) is 6.92 Å². The quantitative estimate of drug-likeness (QED) is 0.559. The minimum Gasteiger partial charge on any atom is -0.356 e. The second kappa shape index (κ2) is 10.7. The fraction of sp³-hybridized carbons (Fsp3) is 0.591. The summed E-state index contributed by atoms with van der Waals surface area (Å²) in [5.41, 5.74) is 1.04. The van der Waals surface area contributed by atoms with Gasteiger partial charge in [-0.05, 0) is 68.4 Å². The van der Waals surface area contributed by atoms with Crippen LogP contribution < -0.4 is 5.32 Å². The van der Waals surface area contributed by atoms with E-state index in [9.17, 15) is 13.2 Å². The number of carbonyl (C=O) groups is 1. The Hall–Kier alpha value is -1.51. The first-order valence-electron chi connectivity index (χ1n) is 10.9. The maximum Gasteiger partial charge on any atom is 0.243 e. The zero-order valence-corrected chi connectivity index (χ0v) is 19.6. The maximum absolute atomic E-state index is 13.1. The fourth-order valence-electron chi connectivity index (χ4n) is 3.90. The molecule has 1 saturated heterocycles. The molecule has 1 aliphatic rings. The first kappa shape index (κ1) is 23.2. The van der Waals surface area contributed by atoms with Crippen molar-refractivity contribution in [1.29, 1.82) is 0 Å². The molecule has 0 radical (unpaired) electrons. The molecule has 0 unspecified atom stereocenters. The van der Waals surface area contributed by atoms with Gasteiger partial charge in [0.25, 0.3) is 0 Å². The molecule has 0 atom stereocenters. The summed E-state index contributed by atoms with van der Waals surface area (Å²) in [5, 5.41) is 3.95. The Morgan fingerprint density at radius 3 is 2.63 bits per heavy atom. The normalized spacial score (nSPS) is 16.2. The Kier molecular flexibility index (Phi) is 8.25. The molecule has 0 bridgehead atoms. The van der Waals surface area contributed by atoms with Crippen LogP contribution in [-0.2, 0) is 21.4 Å². The van der Waals surface area contributed by atoms with Crippen molar-refractivity contribution in [1.82, 2.24) is 14.2 Å². The lowest BCUT2D eigenvalue weighted by Gasteiger charge is -2.30.